The van der Waals surface area contributed by atoms with Gasteiger partial charge in [0, 0.05) is 6.07 Å². The van der Waals surface area contributed by atoms with Crippen molar-refractivity contribution in [1.82, 2.24) is 5.32 Å². The maximum Gasteiger partial charge on any atom is 0.288 e. The molecule has 0 aliphatic heterocycles. The predicted octanol–water partition coefficient (Wildman–Crippen LogP) is 2.28. The van der Waals surface area contributed by atoms with Crippen LogP contribution in [0.25, 0.3) is 0 Å². The van der Waals surface area contributed by atoms with Crippen LogP contribution in [0.5, 0.6) is 5.75 Å². The van der Waals surface area contributed by atoms with E-state index in [-0.39, 0.29) is 0 Å². The Balaban J connectivity index is 3.20. The third-order valence-electron chi connectivity index (χ3n) is 2.03. The molecule has 16 heavy (non-hydrogen) atoms. The van der Waals surface area contributed by atoms with Crippen LogP contribution >= 0.6 is 0 Å². The molecule has 0 aliphatic rings. The fraction of sp³-hybridized carbons (Fsp3) is 0.400. The number of ether oxygens (including phenoxy) is 1. The lowest BCUT2D eigenvalue weighted by molar-refractivity contribution is -0.00511. The molecule has 0 amide bonds. The third kappa shape index (κ3) is 2.44. The highest BCUT2D eigenvalue weighted by molar-refractivity contribution is 5.33. The van der Waals surface area contributed by atoms with E-state index >= 15 is 0 Å². The van der Waals surface area contributed by atoms with E-state index in [0.29, 0.717) is 12.1 Å². The Morgan fingerprint density at radius 3 is 2.38 bits per heavy atom. The maximum absolute atomic E-state index is 13.3. The number of rotatable bonds is 4. The molecule has 1 rings (SSSR count). The summed E-state index contributed by atoms with van der Waals surface area (Å²) < 4.78 is 57.6. The molecule has 1 aromatic carbocycles. The highest BCUT2D eigenvalue weighted by Gasteiger charge is 2.34. The Kier molecular flexibility index (Phi) is 3.74. The van der Waals surface area contributed by atoms with Crippen LogP contribution < -0.4 is 10.1 Å². The minimum absolute atomic E-state index is 0.401. The minimum Gasteiger partial charge on any atom is -0.494 e. The van der Waals surface area contributed by atoms with Crippen molar-refractivity contribution < 1.29 is 22.3 Å². The molecule has 0 aromatic heterocycles. The van der Waals surface area contributed by atoms with Gasteiger partial charge in [-0.3, -0.25) is 0 Å². The van der Waals surface area contributed by atoms with Crippen LogP contribution in [-0.2, 0) is 5.92 Å². The molecule has 0 heterocycles. The quantitative estimate of drug-likeness (QED) is 0.811. The molecule has 0 radical (unpaired) electrons. The van der Waals surface area contributed by atoms with E-state index in [4.69, 9.17) is 0 Å². The van der Waals surface area contributed by atoms with Crippen LogP contribution in [0.3, 0.4) is 0 Å². The molecule has 0 bridgehead atoms. The zero-order valence-electron chi connectivity index (χ0n) is 8.78. The van der Waals surface area contributed by atoms with Gasteiger partial charge in [-0.1, -0.05) is 0 Å². The molecule has 0 saturated heterocycles. The Morgan fingerprint density at radius 1 is 1.25 bits per heavy atom. The highest BCUT2D eigenvalue weighted by atomic mass is 19.3. The number of methoxy groups -OCH3 is 1. The molecule has 6 heteroatoms. The van der Waals surface area contributed by atoms with Gasteiger partial charge in [-0.15, -0.1) is 0 Å². The van der Waals surface area contributed by atoms with E-state index in [1.165, 1.54) is 7.05 Å². The maximum atomic E-state index is 13.3. The van der Waals surface area contributed by atoms with Gasteiger partial charge in [-0.25, -0.2) is 8.78 Å². The summed E-state index contributed by atoms with van der Waals surface area (Å²) in [4.78, 5) is 0. The average Bonchev–Trinajstić information content (AvgIpc) is 2.20. The minimum atomic E-state index is -3.47. The van der Waals surface area contributed by atoms with Gasteiger partial charge in [0.2, 0.25) is 0 Å². The van der Waals surface area contributed by atoms with E-state index in [9.17, 15) is 17.6 Å². The Labute approximate surface area is 90.2 Å². The van der Waals surface area contributed by atoms with Crippen LogP contribution in [0.1, 0.15) is 5.56 Å². The van der Waals surface area contributed by atoms with Crippen LogP contribution in [0.15, 0.2) is 12.1 Å². The van der Waals surface area contributed by atoms with E-state index in [0.717, 1.165) is 7.11 Å². The van der Waals surface area contributed by atoms with E-state index in [2.05, 4.69) is 10.1 Å². The van der Waals surface area contributed by atoms with Crippen molar-refractivity contribution >= 4 is 0 Å². The number of benzene rings is 1. The summed E-state index contributed by atoms with van der Waals surface area (Å²) in [6.07, 6.45) is 0. The highest BCUT2D eigenvalue weighted by Crippen LogP contribution is 2.32. The molecule has 0 aliphatic carbocycles. The van der Waals surface area contributed by atoms with Crippen molar-refractivity contribution in [3.8, 4) is 5.75 Å². The number of hydrogen-bond acceptors (Lipinski definition) is 2. The first-order valence-corrected chi connectivity index (χ1v) is 4.48. The van der Waals surface area contributed by atoms with Gasteiger partial charge in [-0.2, -0.15) is 8.78 Å². The zero-order chi connectivity index (χ0) is 12.3. The van der Waals surface area contributed by atoms with Crippen LogP contribution in [0, 0.1) is 11.6 Å². The number of hydrogen-bond donors (Lipinski definition) is 1. The lowest BCUT2D eigenvalue weighted by Gasteiger charge is -2.17. The molecule has 90 valence electrons. The second-order valence-corrected chi connectivity index (χ2v) is 3.20. The van der Waals surface area contributed by atoms with E-state index < -0.39 is 35.4 Å². The summed E-state index contributed by atoms with van der Waals surface area (Å²) in [5, 5.41) is 2.21. The molecule has 1 N–H and O–H groups in total. The Hall–Kier alpha value is -1.30. The Morgan fingerprint density at radius 2 is 1.88 bits per heavy atom. The summed E-state index contributed by atoms with van der Waals surface area (Å²) in [6, 6.07) is 1.06. The predicted molar refractivity (Wildman–Crippen MR) is 50.7 cm³/mol. The number of likely N-dealkylation sites (N-methyl/N-ethyl adjacent to an activating group) is 1. The van der Waals surface area contributed by atoms with Gasteiger partial charge < -0.3 is 10.1 Å². The van der Waals surface area contributed by atoms with Crippen molar-refractivity contribution in [1.29, 1.82) is 0 Å². The molecule has 0 spiro atoms. The SMILES string of the molecule is CNCC(F)(F)c1cc(F)c(OC)cc1F. The van der Waals surface area contributed by atoms with Crippen LogP contribution in [0.2, 0.25) is 0 Å². The summed E-state index contributed by atoms with van der Waals surface area (Å²) in [6.45, 7) is -0.768. The van der Waals surface area contributed by atoms with Gasteiger partial charge >= 0.3 is 0 Å². The van der Waals surface area contributed by atoms with Crippen molar-refractivity contribution in [2.75, 3.05) is 20.7 Å². The molecule has 1 aromatic rings. The number of alkyl halides is 2. The standard InChI is InChI=1S/C10H11F4NO/c1-15-5-10(13,14)6-3-8(12)9(16-2)4-7(6)11/h3-4,15H,5H2,1-2H3. The van der Waals surface area contributed by atoms with E-state index in [1.54, 1.807) is 0 Å². The van der Waals surface area contributed by atoms with Gasteiger partial charge in [0.15, 0.2) is 11.6 Å². The number of nitrogens with one attached hydrogen (secondary N) is 1. The lowest BCUT2D eigenvalue weighted by atomic mass is 10.1. The topological polar surface area (TPSA) is 21.3 Å². The monoisotopic (exact) mass is 237 g/mol. The molecule has 0 atom stereocenters. The first-order valence-electron chi connectivity index (χ1n) is 4.48. The fourth-order valence-corrected chi connectivity index (χ4v) is 1.28. The van der Waals surface area contributed by atoms with Crippen molar-refractivity contribution in [2.24, 2.45) is 0 Å². The van der Waals surface area contributed by atoms with Gasteiger partial charge in [-0.05, 0) is 13.1 Å². The summed E-state index contributed by atoms with van der Waals surface area (Å²) >= 11 is 0. The van der Waals surface area contributed by atoms with Gasteiger partial charge in [0.05, 0.1) is 19.2 Å². The van der Waals surface area contributed by atoms with Crippen molar-refractivity contribution in [2.45, 2.75) is 5.92 Å². The largest absolute Gasteiger partial charge is 0.494 e. The molecule has 0 saturated carbocycles. The molecular formula is C10H11F4NO. The van der Waals surface area contributed by atoms with E-state index in [1.807, 2.05) is 0 Å². The van der Waals surface area contributed by atoms with Crippen molar-refractivity contribution in [3.05, 3.63) is 29.3 Å². The van der Waals surface area contributed by atoms with Crippen LogP contribution in [0.4, 0.5) is 17.6 Å². The first kappa shape index (κ1) is 12.8. The smallest absolute Gasteiger partial charge is 0.288 e. The fourth-order valence-electron chi connectivity index (χ4n) is 1.28. The zero-order valence-corrected chi connectivity index (χ0v) is 8.78. The van der Waals surface area contributed by atoms with Crippen LogP contribution in [-0.4, -0.2) is 20.7 Å². The summed E-state index contributed by atoms with van der Waals surface area (Å²) in [7, 11) is 2.43. The van der Waals surface area contributed by atoms with Crippen molar-refractivity contribution in [3.63, 3.8) is 0 Å². The molecule has 2 nitrogen and oxygen atoms in total. The normalized spacial score (nSPS) is 11.6. The molecular weight excluding hydrogens is 226 g/mol. The second kappa shape index (κ2) is 4.69. The van der Waals surface area contributed by atoms with Gasteiger partial charge in [0.25, 0.3) is 5.92 Å². The molecule has 0 unspecified atom stereocenters. The number of halogens is 4. The van der Waals surface area contributed by atoms with Gasteiger partial charge in [0.1, 0.15) is 5.82 Å². The first-order chi connectivity index (χ1) is 7.42. The average molecular weight is 237 g/mol. The summed E-state index contributed by atoms with van der Waals surface area (Å²) in [5.41, 5.74) is -0.986. The Bertz CT molecular complexity index is 381. The lowest BCUT2D eigenvalue weighted by Crippen LogP contribution is -2.29. The third-order valence-corrected chi connectivity index (χ3v) is 2.03. The summed E-state index contributed by atoms with van der Waals surface area (Å²) in [5.74, 6) is -6.08. The molecule has 0 fully saturated rings. The second-order valence-electron chi connectivity index (χ2n) is 3.20.